The smallest absolute Gasteiger partial charge is 0.246 e. The third-order valence-electron chi connectivity index (χ3n) is 2.71. The third-order valence-corrected chi connectivity index (χ3v) is 2.71. The predicted octanol–water partition coefficient (Wildman–Crippen LogP) is 1.76. The van der Waals surface area contributed by atoms with E-state index in [0.29, 0.717) is 0 Å². The van der Waals surface area contributed by atoms with Crippen molar-refractivity contribution in [2.75, 3.05) is 0 Å². The first kappa shape index (κ1) is 10.2. The highest BCUT2D eigenvalue weighted by Gasteiger charge is 2.18. The SMILES string of the molecule is CCCC(O)n1c[n+](C)c2ccccc21. The molecule has 1 atom stereocenters. The predicted molar refractivity (Wildman–Crippen MR) is 59.3 cm³/mol. The van der Waals surface area contributed by atoms with Crippen LogP contribution in [0.5, 0.6) is 0 Å². The van der Waals surface area contributed by atoms with Gasteiger partial charge in [0.1, 0.15) is 0 Å². The van der Waals surface area contributed by atoms with E-state index in [-0.39, 0.29) is 0 Å². The van der Waals surface area contributed by atoms with Crippen LogP contribution in [0, 0.1) is 0 Å². The van der Waals surface area contributed by atoms with Crippen molar-refractivity contribution in [3.63, 3.8) is 0 Å². The number of hydrogen-bond acceptors (Lipinski definition) is 1. The molecule has 0 saturated heterocycles. The minimum atomic E-state index is -0.416. The largest absolute Gasteiger partial charge is 0.355 e. The van der Waals surface area contributed by atoms with Crippen molar-refractivity contribution in [3.8, 4) is 0 Å². The molecule has 15 heavy (non-hydrogen) atoms. The molecule has 1 aromatic heterocycles. The van der Waals surface area contributed by atoms with E-state index in [4.69, 9.17) is 0 Å². The summed E-state index contributed by atoms with van der Waals surface area (Å²) < 4.78 is 3.97. The lowest BCUT2D eigenvalue weighted by molar-refractivity contribution is -0.646. The Balaban J connectivity index is 2.52. The molecule has 0 spiro atoms. The second-order valence-corrected chi connectivity index (χ2v) is 3.89. The molecule has 1 heterocycles. The van der Waals surface area contributed by atoms with Crippen LogP contribution in [0.1, 0.15) is 26.0 Å². The molecule has 0 fully saturated rings. The topological polar surface area (TPSA) is 29.0 Å². The van der Waals surface area contributed by atoms with Gasteiger partial charge in [-0.3, -0.25) is 0 Å². The standard InChI is InChI=1S/C12H17N2O/c1-3-6-12(15)14-9-13(2)10-7-4-5-8-11(10)14/h4-5,7-9,12,15H,3,6H2,1-2H3/q+1. The lowest BCUT2D eigenvalue weighted by atomic mass is 10.3. The van der Waals surface area contributed by atoms with E-state index in [1.807, 2.05) is 40.7 Å². The van der Waals surface area contributed by atoms with E-state index in [1.165, 1.54) is 0 Å². The highest BCUT2D eigenvalue weighted by Crippen LogP contribution is 2.17. The zero-order valence-corrected chi connectivity index (χ0v) is 9.22. The summed E-state index contributed by atoms with van der Waals surface area (Å²) in [6.45, 7) is 2.08. The average Bonchev–Trinajstić information content (AvgIpc) is 2.58. The fourth-order valence-electron chi connectivity index (χ4n) is 1.93. The highest BCUT2D eigenvalue weighted by atomic mass is 16.3. The van der Waals surface area contributed by atoms with Crippen molar-refractivity contribution in [3.05, 3.63) is 30.6 Å². The summed E-state index contributed by atoms with van der Waals surface area (Å²) in [7, 11) is 2.00. The number of aromatic nitrogens is 2. The van der Waals surface area contributed by atoms with E-state index in [9.17, 15) is 5.11 Å². The van der Waals surface area contributed by atoms with Crippen molar-refractivity contribution < 1.29 is 9.67 Å². The summed E-state index contributed by atoms with van der Waals surface area (Å²) in [5, 5.41) is 9.98. The Kier molecular flexibility index (Phi) is 2.73. The maximum atomic E-state index is 9.98. The van der Waals surface area contributed by atoms with E-state index < -0.39 is 6.23 Å². The monoisotopic (exact) mass is 205 g/mol. The molecule has 2 rings (SSSR count). The molecule has 0 aliphatic carbocycles. The molecule has 2 aromatic rings. The van der Waals surface area contributed by atoms with Gasteiger partial charge in [-0.05, 0) is 18.6 Å². The maximum Gasteiger partial charge on any atom is 0.246 e. The first-order valence-corrected chi connectivity index (χ1v) is 5.37. The van der Waals surface area contributed by atoms with Gasteiger partial charge >= 0.3 is 0 Å². The van der Waals surface area contributed by atoms with Crippen LogP contribution in [-0.2, 0) is 7.05 Å². The van der Waals surface area contributed by atoms with Gasteiger partial charge < -0.3 is 5.11 Å². The lowest BCUT2D eigenvalue weighted by Gasteiger charge is -2.04. The Bertz CT molecular complexity index is 462. The molecule has 1 unspecified atom stereocenters. The first-order chi connectivity index (χ1) is 7.24. The van der Waals surface area contributed by atoms with Crippen LogP contribution in [0.2, 0.25) is 0 Å². The van der Waals surface area contributed by atoms with Gasteiger partial charge in [-0.15, -0.1) is 0 Å². The van der Waals surface area contributed by atoms with Crippen LogP contribution >= 0.6 is 0 Å². The number of nitrogens with zero attached hydrogens (tertiary/aromatic N) is 2. The van der Waals surface area contributed by atoms with Crippen LogP contribution < -0.4 is 4.57 Å². The van der Waals surface area contributed by atoms with Gasteiger partial charge in [-0.25, -0.2) is 9.13 Å². The summed E-state index contributed by atoms with van der Waals surface area (Å²) in [5.41, 5.74) is 2.23. The Hall–Kier alpha value is -1.35. The van der Waals surface area contributed by atoms with Gasteiger partial charge in [0.25, 0.3) is 0 Å². The van der Waals surface area contributed by atoms with E-state index in [0.717, 1.165) is 23.9 Å². The Morgan fingerprint density at radius 2 is 2.13 bits per heavy atom. The molecule has 3 heteroatoms. The minimum absolute atomic E-state index is 0.416. The number of aryl methyl sites for hydroxylation is 1. The maximum absolute atomic E-state index is 9.98. The van der Waals surface area contributed by atoms with E-state index >= 15 is 0 Å². The van der Waals surface area contributed by atoms with Crippen molar-refractivity contribution in [2.45, 2.75) is 26.0 Å². The normalized spacial score (nSPS) is 13.3. The molecule has 3 nitrogen and oxygen atoms in total. The number of hydrogen-bond donors (Lipinski definition) is 1. The van der Waals surface area contributed by atoms with Gasteiger partial charge in [-0.1, -0.05) is 19.1 Å². The number of benzene rings is 1. The summed E-state index contributed by atoms with van der Waals surface area (Å²) in [4.78, 5) is 0. The van der Waals surface area contributed by atoms with Crippen LogP contribution in [0.25, 0.3) is 11.0 Å². The lowest BCUT2D eigenvalue weighted by Crippen LogP contribution is -2.25. The second-order valence-electron chi connectivity index (χ2n) is 3.89. The summed E-state index contributed by atoms with van der Waals surface area (Å²) in [6, 6.07) is 8.11. The van der Waals surface area contributed by atoms with Crippen molar-refractivity contribution in [1.29, 1.82) is 0 Å². The van der Waals surface area contributed by atoms with Crippen LogP contribution in [0.15, 0.2) is 30.6 Å². The van der Waals surface area contributed by atoms with E-state index in [2.05, 4.69) is 13.0 Å². The number of rotatable bonds is 3. The number of fused-ring (bicyclic) bond motifs is 1. The molecule has 1 aromatic carbocycles. The number of aliphatic hydroxyl groups is 1. The van der Waals surface area contributed by atoms with Gasteiger partial charge in [0, 0.05) is 6.42 Å². The van der Waals surface area contributed by atoms with Gasteiger partial charge in [0.05, 0.1) is 7.05 Å². The van der Waals surface area contributed by atoms with E-state index in [1.54, 1.807) is 0 Å². The van der Waals surface area contributed by atoms with Crippen molar-refractivity contribution >= 4 is 11.0 Å². The zero-order valence-electron chi connectivity index (χ0n) is 9.22. The number of imidazole rings is 1. The molecule has 0 amide bonds. The Labute approximate surface area is 89.6 Å². The molecular formula is C12H17N2O+. The molecule has 80 valence electrons. The van der Waals surface area contributed by atoms with Crippen LogP contribution in [-0.4, -0.2) is 9.67 Å². The summed E-state index contributed by atoms with van der Waals surface area (Å²) in [6.07, 6.45) is 3.31. The third kappa shape index (κ3) is 1.75. The van der Waals surface area contributed by atoms with Gasteiger partial charge in [-0.2, -0.15) is 0 Å². The molecule has 0 aliphatic rings. The number of para-hydroxylation sites is 2. The first-order valence-electron chi connectivity index (χ1n) is 5.37. The molecular weight excluding hydrogens is 188 g/mol. The molecule has 0 bridgehead atoms. The van der Waals surface area contributed by atoms with Crippen LogP contribution in [0.3, 0.4) is 0 Å². The van der Waals surface area contributed by atoms with Crippen molar-refractivity contribution in [1.82, 2.24) is 4.57 Å². The number of aliphatic hydroxyl groups excluding tert-OH is 1. The second kappa shape index (κ2) is 4.03. The zero-order chi connectivity index (χ0) is 10.8. The average molecular weight is 205 g/mol. The fraction of sp³-hybridized carbons (Fsp3) is 0.417. The Morgan fingerprint density at radius 3 is 2.87 bits per heavy atom. The molecule has 0 radical (unpaired) electrons. The molecule has 0 aliphatic heterocycles. The summed E-state index contributed by atoms with van der Waals surface area (Å²) in [5.74, 6) is 0. The highest BCUT2D eigenvalue weighted by molar-refractivity contribution is 5.71. The minimum Gasteiger partial charge on any atom is -0.355 e. The molecule has 1 N–H and O–H groups in total. The fourth-order valence-corrected chi connectivity index (χ4v) is 1.93. The Morgan fingerprint density at radius 1 is 1.40 bits per heavy atom. The molecule has 0 saturated carbocycles. The van der Waals surface area contributed by atoms with Crippen molar-refractivity contribution in [2.24, 2.45) is 7.05 Å². The van der Waals surface area contributed by atoms with Gasteiger partial charge in [0.2, 0.25) is 6.33 Å². The van der Waals surface area contributed by atoms with Crippen LogP contribution in [0.4, 0.5) is 0 Å². The van der Waals surface area contributed by atoms with Gasteiger partial charge in [0.15, 0.2) is 17.3 Å². The quantitative estimate of drug-likeness (QED) is 0.760. The summed E-state index contributed by atoms with van der Waals surface area (Å²) >= 11 is 0.